The van der Waals surface area contributed by atoms with Gasteiger partial charge >= 0.3 is 0 Å². The summed E-state index contributed by atoms with van der Waals surface area (Å²) in [5.74, 6) is 1.16. The van der Waals surface area contributed by atoms with E-state index in [1.165, 1.54) is 5.56 Å². The number of phenols is 1. The van der Waals surface area contributed by atoms with Crippen molar-refractivity contribution in [3.05, 3.63) is 59.2 Å². The second-order valence-corrected chi connectivity index (χ2v) is 5.28. The molecular formula is C18H23NO2. The third kappa shape index (κ3) is 4.23. The van der Waals surface area contributed by atoms with E-state index in [1.807, 2.05) is 12.1 Å². The maximum absolute atomic E-state index is 9.50. The smallest absolute Gasteiger partial charge is 0.124 e. The highest BCUT2D eigenvalue weighted by Crippen LogP contribution is 2.27. The standard InChI is InChI=1S/C18H23NO2/c1-4-19-14(3)17-9-8-13(2)10-18(17)21-12-15-6-5-7-16(20)11-15/h5-11,14,19-20H,4,12H2,1-3H3. The normalized spacial score (nSPS) is 12.1. The molecule has 0 bridgehead atoms. The lowest BCUT2D eigenvalue weighted by atomic mass is 10.0. The molecule has 3 heteroatoms. The Morgan fingerprint density at radius 1 is 1.19 bits per heavy atom. The summed E-state index contributed by atoms with van der Waals surface area (Å²) >= 11 is 0. The van der Waals surface area contributed by atoms with Gasteiger partial charge in [0.05, 0.1) is 0 Å². The molecule has 0 saturated heterocycles. The minimum Gasteiger partial charge on any atom is -0.508 e. The zero-order valence-electron chi connectivity index (χ0n) is 12.9. The molecule has 0 aromatic heterocycles. The molecule has 21 heavy (non-hydrogen) atoms. The number of nitrogens with one attached hydrogen (secondary N) is 1. The Morgan fingerprint density at radius 2 is 2.00 bits per heavy atom. The van der Waals surface area contributed by atoms with Crippen LogP contribution in [0.2, 0.25) is 0 Å². The lowest BCUT2D eigenvalue weighted by molar-refractivity contribution is 0.299. The summed E-state index contributed by atoms with van der Waals surface area (Å²) in [5.41, 5.74) is 3.29. The molecule has 1 unspecified atom stereocenters. The van der Waals surface area contributed by atoms with E-state index in [-0.39, 0.29) is 11.8 Å². The molecule has 1 atom stereocenters. The molecule has 2 aromatic carbocycles. The molecule has 0 aliphatic rings. The molecule has 0 spiro atoms. The van der Waals surface area contributed by atoms with Gasteiger partial charge in [-0.15, -0.1) is 0 Å². The molecule has 0 saturated carbocycles. The SMILES string of the molecule is CCNC(C)c1ccc(C)cc1OCc1cccc(O)c1. The molecule has 0 aliphatic carbocycles. The van der Waals surface area contributed by atoms with Crippen molar-refractivity contribution >= 4 is 0 Å². The van der Waals surface area contributed by atoms with E-state index < -0.39 is 0 Å². The van der Waals surface area contributed by atoms with Gasteiger partial charge in [0.2, 0.25) is 0 Å². The molecule has 2 rings (SSSR count). The summed E-state index contributed by atoms with van der Waals surface area (Å²) in [6.45, 7) is 7.65. The van der Waals surface area contributed by atoms with Crippen LogP contribution in [0.25, 0.3) is 0 Å². The van der Waals surface area contributed by atoms with Crippen molar-refractivity contribution in [1.82, 2.24) is 5.32 Å². The quantitative estimate of drug-likeness (QED) is 0.844. The number of hydrogen-bond donors (Lipinski definition) is 2. The number of rotatable bonds is 6. The number of ether oxygens (including phenoxy) is 1. The molecule has 0 aliphatic heterocycles. The average molecular weight is 285 g/mol. The number of aromatic hydroxyl groups is 1. The van der Waals surface area contributed by atoms with Crippen LogP contribution in [0.1, 0.15) is 36.6 Å². The van der Waals surface area contributed by atoms with Gasteiger partial charge in [0.25, 0.3) is 0 Å². The van der Waals surface area contributed by atoms with E-state index in [0.717, 1.165) is 23.4 Å². The van der Waals surface area contributed by atoms with Crippen molar-refractivity contribution in [1.29, 1.82) is 0 Å². The summed E-state index contributed by atoms with van der Waals surface area (Å²) in [6.07, 6.45) is 0. The van der Waals surface area contributed by atoms with E-state index in [2.05, 4.69) is 44.3 Å². The monoisotopic (exact) mass is 285 g/mol. The van der Waals surface area contributed by atoms with Gasteiger partial charge in [-0.2, -0.15) is 0 Å². The van der Waals surface area contributed by atoms with Crippen LogP contribution in [0.3, 0.4) is 0 Å². The fraction of sp³-hybridized carbons (Fsp3) is 0.333. The Labute approximate surface area is 126 Å². The predicted molar refractivity (Wildman–Crippen MR) is 85.7 cm³/mol. The van der Waals surface area contributed by atoms with Gasteiger partial charge in [-0.25, -0.2) is 0 Å². The first-order valence-corrected chi connectivity index (χ1v) is 7.34. The number of hydrogen-bond acceptors (Lipinski definition) is 3. The lowest BCUT2D eigenvalue weighted by Gasteiger charge is -2.18. The zero-order chi connectivity index (χ0) is 15.2. The first-order chi connectivity index (χ1) is 10.1. The third-order valence-electron chi connectivity index (χ3n) is 3.45. The molecule has 0 heterocycles. The highest BCUT2D eigenvalue weighted by Gasteiger charge is 2.11. The summed E-state index contributed by atoms with van der Waals surface area (Å²) in [4.78, 5) is 0. The van der Waals surface area contributed by atoms with Crippen molar-refractivity contribution in [3.63, 3.8) is 0 Å². The molecule has 0 amide bonds. The molecule has 3 nitrogen and oxygen atoms in total. The first kappa shape index (κ1) is 15.4. The molecule has 2 N–H and O–H groups in total. The van der Waals surface area contributed by atoms with Gasteiger partial charge < -0.3 is 15.2 Å². The Hall–Kier alpha value is -2.00. The van der Waals surface area contributed by atoms with E-state index in [1.54, 1.807) is 12.1 Å². The number of phenolic OH excluding ortho intramolecular Hbond substituents is 1. The summed E-state index contributed by atoms with van der Waals surface area (Å²) in [5, 5.41) is 12.9. The molecular weight excluding hydrogens is 262 g/mol. The van der Waals surface area contributed by atoms with E-state index in [0.29, 0.717) is 6.61 Å². The maximum Gasteiger partial charge on any atom is 0.124 e. The maximum atomic E-state index is 9.50. The predicted octanol–water partition coefficient (Wildman–Crippen LogP) is 3.95. The topological polar surface area (TPSA) is 41.5 Å². The van der Waals surface area contributed by atoms with Crippen LogP contribution in [0.5, 0.6) is 11.5 Å². The van der Waals surface area contributed by atoms with Gasteiger partial charge in [-0.1, -0.05) is 31.2 Å². The Kier molecular flexibility index (Phi) is 5.23. The van der Waals surface area contributed by atoms with Crippen LogP contribution in [0, 0.1) is 6.92 Å². The van der Waals surface area contributed by atoms with Crippen molar-refractivity contribution in [2.45, 2.75) is 33.4 Å². The van der Waals surface area contributed by atoms with Crippen molar-refractivity contribution in [2.24, 2.45) is 0 Å². The fourth-order valence-electron chi connectivity index (χ4n) is 2.35. The second-order valence-electron chi connectivity index (χ2n) is 5.28. The second kappa shape index (κ2) is 7.14. The minimum atomic E-state index is 0.245. The van der Waals surface area contributed by atoms with E-state index in [9.17, 15) is 5.11 Å². The van der Waals surface area contributed by atoms with E-state index in [4.69, 9.17) is 4.74 Å². The van der Waals surface area contributed by atoms with Crippen LogP contribution >= 0.6 is 0 Å². The Morgan fingerprint density at radius 3 is 2.71 bits per heavy atom. The molecule has 0 fully saturated rings. The Balaban J connectivity index is 2.16. The van der Waals surface area contributed by atoms with Crippen LogP contribution in [-0.2, 0) is 6.61 Å². The fourth-order valence-corrected chi connectivity index (χ4v) is 2.35. The van der Waals surface area contributed by atoms with Gasteiger partial charge in [0.1, 0.15) is 18.1 Å². The van der Waals surface area contributed by atoms with Crippen molar-refractivity contribution in [2.75, 3.05) is 6.54 Å². The zero-order valence-corrected chi connectivity index (χ0v) is 12.9. The number of benzene rings is 2. The van der Waals surface area contributed by atoms with Gasteiger partial charge in [0, 0.05) is 11.6 Å². The lowest BCUT2D eigenvalue weighted by Crippen LogP contribution is -2.18. The summed E-state index contributed by atoms with van der Waals surface area (Å²) in [7, 11) is 0. The largest absolute Gasteiger partial charge is 0.508 e. The average Bonchev–Trinajstić information content (AvgIpc) is 2.45. The summed E-state index contributed by atoms with van der Waals surface area (Å²) < 4.78 is 5.98. The number of aryl methyl sites for hydroxylation is 1. The molecule has 0 radical (unpaired) electrons. The van der Waals surface area contributed by atoms with Crippen LogP contribution in [0.4, 0.5) is 0 Å². The van der Waals surface area contributed by atoms with Crippen LogP contribution in [0.15, 0.2) is 42.5 Å². The third-order valence-corrected chi connectivity index (χ3v) is 3.45. The van der Waals surface area contributed by atoms with E-state index >= 15 is 0 Å². The minimum absolute atomic E-state index is 0.245. The van der Waals surface area contributed by atoms with Crippen molar-refractivity contribution < 1.29 is 9.84 Å². The highest BCUT2D eigenvalue weighted by atomic mass is 16.5. The van der Waals surface area contributed by atoms with Crippen LogP contribution in [-0.4, -0.2) is 11.7 Å². The highest BCUT2D eigenvalue weighted by molar-refractivity contribution is 5.39. The van der Waals surface area contributed by atoms with Gasteiger partial charge in [0.15, 0.2) is 0 Å². The van der Waals surface area contributed by atoms with Gasteiger partial charge in [-0.05, 0) is 49.7 Å². The van der Waals surface area contributed by atoms with Crippen LogP contribution < -0.4 is 10.1 Å². The first-order valence-electron chi connectivity index (χ1n) is 7.34. The summed E-state index contributed by atoms with van der Waals surface area (Å²) in [6, 6.07) is 13.7. The van der Waals surface area contributed by atoms with Gasteiger partial charge in [-0.3, -0.25) is 0 Å². The molecule has 112 valence electrons. The Bertz CT molecular complexity index is 596. The molecule has 2 aromatic rings. The van der Waals surface area contributed by atoms with Crippen molar-refractivity contribution in [3.8, 4) is 11.5 Å².